The van der Waals surface area contributed by atoms with Gasteiger partial charge in [-0.25, -0.2) is 4.39 Å². The Labute approximate surface area is 183 Å². The predicted octanol–water partition coefficient (Wildman–Crippen LogP) is 5.37. The predicted molar refractivity (Wildman–Crippen MR) is 117 cm³/mol. The Morgan fingerprint density at radius 3 is 2.47 bits per heavy atom. The van der Waals surface area contributed by atoms with Crippen molar-refractivity contribution in [1.82, 2.24) is 0 Å². The van der Waals surface area contributed by atoms with Gasteiger partial charge in [-0.15, -0.1) is 0 Å². The molecule has 0 saturated carbocycles. The third kappa shape index (κ3) is 3.03. The molecule has 0 N–H and O–H groups in total. The number of ether oxygens (including phenoxy) is 3. The Hall–Kier alpha value is -4.06. The molecule has 4 aromatic carbocycles. The van der Waals surface area contributed by atoms with Crippen LogP contribution in [0.1, 0.15) is 17.2 Å². The smallest absolute Gasteiger partial charge is 0.273 e. The highest BCUT2D eigenvalue weighted by molar-refractivity contribution is 6.03. The largest absolute Gasteiger partial charge is 0.473 e. The van der Waals surface area contributed by atoms with E-state index in [0.717, 1.165) is 21.9 Å². The van der Waals surface area contributed by atoms with Crippen LogP contribution in [0, 0.1) is 5.82 Å². The van der Waals surface area contributed by atoms with Crippen molar-refractivity contribution in [2.75, 3.05) is 11.7 Å². The van der Waals surface area contributed by atoms with Crippen LogP contribution in [-0.2, 0) is 11.3 Å². The van der Waals surface area contributed by atoms with Gasteiger partial charge in [-0.1, -0.05) is 54.6 Å². The zero-order chi connectivity index (χ0) is 21.7. The van der Waals surface area contributed by atoms with Gasteiger partial charge < -0.3 is 19.1 Å². The molecule has 6 rings (SSSR count). The van der Waals surface area contributed by atoms with Crippen molar-refractivity contribution in [3.05, 3.63) is 95.8 Å². The van der Waals surface area contributed by atoms with Gasteiger partial charge in [-0.05, 0) is 28.5 Å². The average Bonchev–Trinajstić information content (AvgIpc) is 3.28. The van der Waals surface area contributed by atoms with Crippen molar-refractivity contribution in [2.24, 2.45) is 0 Å². The van der Waals surface area contributed by atoms with Gasteiger partial charge in [0.2, 0.25) is 12.9 Å². The Morgan fingerprint density at radius 1 is 0.875 bits per heavy atom. The highest BCUT2D eigenvalue weighted by atomic mass is 19.1. The molecule has 0 radical (unpaired) electrons. The number of nitrogens with zero attached hydrogens (tertiary/aromatic N) is 1. The monoisotopic (exact) mass is 427 g/mol. The number of hydrogen-bond donors (Lipinski definition) is 0. The quantitative estimate of drug-likeness (QED) is 0.441. The Kier molecular flexibility index (Phi) is 4.24. The molecule has 5 nitrogen and oxygen atoms in total. The summed E-state index contributed by atoms with van der Waals surface area (Å²) in [6.45, 7) is 0.396. The number of anilines is 1. The van der Waals surface area contributed by atoms with E-state index in [4.69, 9.17) is 14.2 Å². The maximum atomic E-state index is 13.8. The molecule has 0 aromatic heterocycles. The molecule has 0 bridgehead atoms. The van der Waals surface area contributed by atoms with Gasteiger partial charge in [0.25, 0.3) is 5.91 Å². The molecule has 1 atom stereocenters. The molecule has 2 aliphatic rings. The highest BCUT2D eigenvalue weighted by Gasteiger charge is 2.38. The van der Waals surface area contributed by atoms with Gasteiger partial charge >= 0.3 is 0 Å². The summed E-state index contributed by atoms with van der Waals surface area (Å²) in [6, 6.07) is 23.4. The molecule has 0 spiro atoms. The zero-order valence-electron chi connectivity index (χ0n) is 17.0. The number of fused-ring (bicyclic) bond motifs is 3. The summed E-state index contributed by atoms with van der Waals surface area (Å²) in [5.41, 5.74) is 2.20. The molecule has 32 heavy (non-hydrogen) atoms. The number of benzene rings is 4. The normalized spacial score (nSPS) is 16.7. The van der Waals surface area contributed by atoms with Crippen LogP contribution in [0.25, 0.3) is 10.8 Å². The molecule has 2 heterocycles. The molecule has 1 amide bonds. The van der Waals surface area contributed by atoms with Crippen LogP contribution in [0.4, 0.5) is 10.1 Å². The number of amides is 1. The number of rotatable bonds is 3. The fraction of sp³-hybridized carbons (Fsp3) is 0.115. The molecule has 4 aromatic rings. The van der Waals surface area contributed by atoms with Gasteiger partial charge in [0, 0.05) is 17.7 Å². The highest BCUT2D eigenvalue weighted by Crippen LogP contribution is 2.47. The van der Waals surface area contributed by atoms with Crippen LogP contribution in [0.3, 0.4) is 0 Å². The lowest BCUT2D eigenvalue weighted by Crippen LogP contribution is -2.40. The van der Waals surface area contributed by atoms with Gasteiger partial charge in [0.05, 0.1) is 12.2 Å². The van der Waals surface area contributed by atoms with Gasteiger partial charge in [0.15, 0.2) is 11.5 Å². The number of carbonyl (C=O) groups excluding carboxylic acids is 1. The van der Waals surface area contributed by atoms with Crippen LogP contribution < -0.4 is 19.1 Å². The lowest BCUT2D eigenvalue weighted by Gasteiger charge is -2.35. The summed E-state index contributed by atoms with van der Waals surface area (Å²) in [4.78, 5) is 15.4. The Morgan fingerprint density at radius 2 is 1.62 bits per heavy atom. The summed E-state index contributed by atoms with van der Waals surface area (Å²) in [7, 11) is 0. The van der Waals surface area contributed by atoms with Gasteiger partial charge in [-0.3, -0.25) is 4.79 Å². The lowest BCUT2D eigenvalue weighted by molar-refractivity contribution is -0.126. The third-order valence-corrected chi connectivity index (χ3v) is 5.84. The first-order valence-corrected chi connectivity index (χ1v) is 10.3. The maximum absolute atomic E-state index is 13.8. The second kappa shape index (κ2) is 7.27. The molecular formula is C26H18FNO4. The van der Waals surface area contributed by atoms with Crippen molar-refractivity contribution in [2.45, 2.75) is 12.6 Å². The number of carbonyl (C=O) groups is 1. The SMILES string of the molecule is O=C1C(c2cccc3ccccc23)Oc2cc3c(cc2N1Cc1ccc(F)cc1)OCO3. The molecule has 158 valence electrons. The van der Waals surface area contributed by atoms with Crippen LogP contribution in [0.5, 0.6) is 17.2 Å². The maximum Gasteiger partial charge on any atom is 0.273 e. The molecule has 0 aliphatic carbocycles. The second-order valence-corrected chi connectivity index (χ2v) is 7.79. The fourth-order valence-electron chi connectivity index (χ4n) is 4.27. The molecule has 0 fully saturated rings. The van der Waals surface area contributed by atoms with E-state index in [2.05, 4.69) is 0 Å². The zero-order valence-corrected chi connectivity index (χ0v) is 17.0. The number of halogens is 1. The Balaban J connectivity index is 1.48. The van der Waals surface area contributed by atoms with E-state index in [0.29, 0.717) is 22.9 Å². The molecule has 6 heteroatoms. The van der Waals surface area contributed by atoms with E-state index in [1.807, 2.05) is 42.5 Å². The van der Waals surface area contributed by atoms with Crippen molar-refractivity contribution < 1.29 is 23.4 Å². The Bertz CT molecular complexity index is 1350. The first-order valence-electron chi connectivity index (χ1n) is 10.3. The summed E-state index contributed by atoms with van der Waals surface area (Å²) >= 11 is 0. The standard InChI is InChI=1S/C26H18FNO4/c27-18-10-8-16(9-11-18)14-28-21-12-23-24(31-15-30-23)13-22(21)32-25(26(28)29)20-7-3-5-17-4-1-2-6-19(17)20/h1-13,25H,14-15H2. The first-order chi connectivity index (χ1) is 15.7. The molecule has 1 unspecified atom stereocenters. The topological polar surface area (TPSA) is 48.0 Å². The van der Waals surface area contributed by atoms with Crippen molar-refractivity contribution in [3.8, 4) is 17.2 Å². The van der Waals surface area contributed by atoms with E-state index in [-0.39, 0.29) is 25.1 Å². The van der Waals surface area contributed by atoms with Gasteiger partial charge in [-0.2, -0.15) is 0 Å². The minimum Gasteiger partial charge on any atom is -0.473 e. The number of hydrogen-bond acceptors (Lipinski definition) is 4. The van der Waals surface area contributed by atoms with Crippen molar-refractivity contribution >= 4 is 22.4 Å². The van der Waals surface area contributed by atoms with E-state index >= 15 is 0 Å². The van der Waals surface area contributed by atoms with E-state index in [9.17, 15) is 9.18 Å². The van der Waals surface area contributed by atoms with Crippen LogP contribution in [-0.4, -0.2) is 12.7 Å². The fourth-order valence-corrected chi connectivity index (χ4v) is 4.27. The van der Waals surface area contributed by atoms with E-state index < -0.39 is 6.10 Å². The van der Waals surface area contributed by atoms with Crippen molar-refractivity contribution in [1.29, 1.82) is 0 Å². The lowest BCUT2D eigenvalue weighted by atomic mass is 9.98. The van der Waals surface area contributed by atoms with Gasteiger partial charge in [0.1, 0.15) is 11.6 Å². The first kappa shape index (κ1) is 18.7. The minimum absolute atomic E-state index is 0.122. The summed E-state index contributed by atoms with van der Waals surface area (Å²) in [6.07, 6.45) is -0.825. The molecule has 0 saturated heterocycles. The molecule has 2 aliphatic heterocycles. The van der Waals surface area contributed by atoms with Crippen LogP contribution >= 0.6 is 0 Å². The minimum atomic E-state index is -0.825. The molecular weight excluding hydrogens is 409 g/mol. The van der Waals surface area contributed by atoms with E-state index in [1.54, 1.807) is 29.2 Å². The van der Waals surface area contributed by atoms with Crippen molar-refractivity contribution in [3.63, 3.8) is 0 Å². The summed E-state index contributed by atoms with van der Waals surface area (Å²) < 4.78 is 30.7. The second-order valence-electron chi connectivity index (χ2n) is 7.79. The summed E-state index contributed by atoms with van der Waals surface area (Å²) in [5, 5.41) is 1.99. The third-order valence-electron chi connectivity index (χ3n) is 5.84. The summed E-state index contributed by atoms with van der Waals surface area (Å²) in [5.74, 6) is 1.16. The van der Waals surface area contributed by atoms with Crippen LogP contribution in [0.15, 0.2) is 78.9 Å². The average molecular weight is 427 g/mol. The van der Waals surface area contributed by atoms with Crippen LogP contribution in [0.2, 0.25) is 0 Å². The van der Waals surface area contributed by atoms with E-state index in [1.165, 1.54) is 12.1 Å².